The van der Waals surface area contributed by atoms with E-state index in [0.29, 0.717) is 29.8 Å². The summed E-state index contributed by atoms with van der Waals surface area (Å²) in [7, 11) is -3.95. The van der Waals surface area contributed by atoms with Crippen molar-refractivity contribution in [3.63, 3.8) is 0 Å². The molecule has 1 saturated heterocycles. The molecule has 2 aliphatic rings. The first-order chi connectivity index (χ1) is 18.4. The van der Waals surface area contributed by atoms with Crippen LogP contribution in [0.1, 0.15) is 47.7 Å². The van der Waals surface area contributed by atoms with Crippen molar-refractivity contribution in [2.24, 2.45) is 0 Å². The van der Waals surface area contributed by atoms with Gasteiger partial charge in [-0.3, -0.25) is 9.78 Å². The predicted octanol–water partition coefficient (Wildman–Crippen LogP) is 4.87. The van der Waals surface area contributed by atoms with Gasteiger partial charge in [-0.25, -0.2) is 17.2 Å². The zero-order chi connectivity index (χ0) is 28.1. The molecule has 2 aromatic carbocycles. The molecule has 1 fully saturated rings. The van der Waals surface area contributed by atoms with Crippen molar-refractivity contribution >= 4 is 21.6 Å². The number of aromatic hydroxyl groups is 2. The third-order valence-electron chi connectivity index (χ3n) is 7.46. The number of pyridine rings is 1. The molecule has 2 N–H and O–H groups in total. The van der Waals surface area contributed by atoms with E-state index in [9.17, 15) is 32.2 Å². The average Bonchev–Trinajstić information content (AvgIpc) is 2.88. The lowest BCUT2D eigenvalue weighted by molar-refractivity contribution is -0.0412. The fourth-order valence-corrected chi connectivity index (χ4v) is 6.71. The summed E-state index contributed by atoms with van der Waals surface area (Å²) in [6.07, 6.45) is 1.66. The predicted molar refractivity (Wildman–Crippen MR) is 142 cm³/mol. The number of aryl methyl sites for hydroxylation is 2. The smallest absolute Gasteiger partial charge is 0.262 e. The van der Waals surface area contributed by atoms with Crippen LogP contribution in [0.25, 0.3) is 11.3 Å². The number of anilines is 1. The number of rotatable bonds is 4. The number of halogens is 2. The zero-order valence-electron chi connectivity index (χ0n) is 21.6. The molecule has 0 radical (unpaired) electrons. The quantitative estimate of drug-likeness (QED) is 0.474. The van der Waals surface area contributed by atoms with Crippen LogP contribution in [0.3, 0.4) is 0 Å². The number of hydrogen-bond donors (Lipinski definition) is 2. The van der Waals surface area contributed by atoms with Gasteiger partial charge < -0.3 is 15.1 Å². The number of phenols is 2. The van der Waals surface area contributed by atoms with E-state index in [1.807, 2.05) is 25.1 Å². The highest BCUT2D eigenvalue weighted by atomic mass is 32.2. The molecule has 0 aliphatic carbocycles. The number of aromatic nitrogens is 1. The van der Waals surface area contributed by atoms with Crippen LogP contribution >= 0.6 is 0 Å². The van der Waals surface area contributed by atoms with E-state index in [4.69, 9.17) is 0 Å². The summed E-state index contributed by atoms with van der Waals surface area (Å²) in [5.74, 6) is -3.67. The Bertz CT molecular complexity index is 1550. The van der Waals surface area contributed by atoms with E-state index in [1.165, 1.54) is 24.4 Å². The monoisotopic (exact) mass is 557 g/mol. The Morgan fingerprint density at radius 3 is 2.46 bits per heavy atom. The van der Waals surface area contributed by atoms with Crippen LogP contribution in [-0.2, 0) is 16.4 Å². The highest BCUT2D eigenvalue weighted by Crippen LogP contribution is 2.37. The Hall–Kier alpha value is -3.57. The Labute approximate surface area is 225 Å². The third kappa shape index (κ3) is 5.08. The number of fused-ring (bicyclic) bond motifs is 1. The molecule has 3 heterocycles. The summed E-state index contributed by atoms with van der Waals surface area (Å²) in [5, 5.41) is 19.8. The van der Waals surface area contributed by atoms with Gasteiger partial charge >= 0.3 is 0 Å². The summed E-state index contributed by atoms with van der Waals surface area (Å²) < 4.78 is 54.2. The fraction of sp³-hybridized carbons (Fsp3) is 0.357. The van der Waals surface area contributed by atoms with Crippen molar-refractivity contribution in [2.45, 2.75) is 56.4 Å². The minimum atomic E-state index is -3.95. The molecule has 206 valence electrons. The molecule has 5 rings (SSSR count). The van der Waals surface area contributed by atoms with Gasteiger partial charge in [-0.15, -0.1) is 0 Å². The number of carbonyl (C=O) groups is 1. The van der Waals surface area contributed by atoms with Crippen molar-refractivity contribution in [2.75, 3.05) is 18.0 Å². The molecule has 3 aromatic rings. The van der Waals surface area contributed by atoms with E-state index in [2.05, 4.69) is 4.98 Å². The number of alkyl halides is 2. The number of amides is 1. The lowest BCUT2D eigenvalue weighted by atomic mass is 9.92. The molecular weight excluding hydrogens is 528 g/mol. The van der Waals surface area contributed by atoms with Crippen molar-refractivity contribution in [1.29, 1.82) is 0 Å². The Morgan fingerprint density at radius 1 is 1.08 bits per heavy atom. The number of carbonyl (C=O) groups excluding carboxylic acids is 1. The van der Waals surface area contributed by atoms with Gasteiger partial charge in [-0.05, 0) is 68.1 Å². The molecule has 2 aliphatic heterocycles. The standard InChI is InChI=1S/C28H29F2N3O5S/c1-17-13-22(39(37,38)32-11-9-28(29,30)10-12-32)16-31-26(17)20-5-8-24-19(14-20)4-3-18(2)33(24)27(36)23-7-6-21(34)15-25(23)35/h5-8,13-16,18,34-35H,3-4,9-12H2,1-2H3/t18-/m0/s1. The molecule has 0 unspecified atom stereocenters. The highest BCUT2D eigenvalue weighted by molar-refractivity contribution is 7.89. The molecule has 0 bridgehead atoms. The number of nitrogens with zero attached hydrogens (tertiary/aromatic N) is 3. The first-order valence-electron chi connectivity index (χ1n) is 12.7. The van der Waals surface area contributed by atoms with Gasteiger partial charge in [0.15, 0.2) is 0 Å². The molecule has 1 aromatic heterocycles. The number of sulfonamides is 1. The maximum atomic E-state index is 13.5. The lowest BCUT2D eigenvalue weighted by Crippen LogP contribution is -2.42. The SMILES string of the molecule is Cc1cc(S(=O)(=O)N2CCC(F)(F)CC2)cnc1-c1ccc2c(c1)CC[C@H](C)N2C(=O)c1ccc(O)cc1O. The second-order valence-electron chi connectivity index (χ2n) is 10.2. The third-order valence-corrected chi connectivity index (χ3v) is 9.32. The van der Waals surface area contributed by atoms with E-state index < -0.39 is 28.8 Å². The molecule has 8 nitrogen and oxygen atoms in total. The van der Waals surface area contributed by atoms with Crippen LogP contribution in [0, 0.1) is 6.92 Å². The fourth-order valence-electron chi connectivity index (χ4n) is 5.23. The minimum Gasteiger partial charge on any atom is -0.508 e. The van der Waals surface area contributed by atoms with Gasteiger partial charge in [0.1, 0.15) is 16.4 Å². The number of piperidine rings is 1. The van der Waals surface area contributed by atoms with Crippen LogP contribution < -0.4 is 4.90 Å². The average molecular weight is 558 g/mol. The molecule has 1 atom stereocenters. The lowest BCUT2D eigenvalue weighted by Gasteiger charge is -2.35. The maximum Gasteiger partial charge on any atom is 0.262 e. The van der Waals surface area contributed by atoms with Gasteiger partial charge in [0.2, 0.25) is 10.0 Å². The van der Waals surface area contributed by atoms with Crippen LogP contribution in [0.4, 0.5) is 14.5 Å². The minimum absolute atomic E-state index is 0.0359. The van der Waals surface area contributed by atoms with Crippen molar-refractivity contribution in [3.05, 3.63) is 65.4 Å². The van der Waals surface area contributed by atoms with Crippen LogP contribution in [0.15, 0.2) is 53.6 Å². The van der Waals surface area contributed by atoms with Gasteiger partial charge in [-0.1, -0.05) is 6.07 Å². The Balaban J connectivity index is 1.43. The Kier molecular flexibility index (Phi) is 6.84. The summed E-state index contributed by atoms with van der Waals surface area (Å²) in [4.78, 5) is 19.4. The van der Waals surface area contributed by atoms with Crippen molar-refractivity contribution < 1.29 is 32.2 Å². The topological polar surface area (TPSA) is 111 Å². The van der Waals surface area contributed by atoms with Gasteiger partial charge in [0.05, 0.1) is 11.3 Å². The Morgan fingerprint density at radius 2 is 1.79 bits per heavy atom. The van der Waals surface area contributed by atoms with Crippen LogP contribution in [-0.4, -0.2) is 58.9 Å². The van der Waals surface area contributed by atoms with E-state index in [1.54, 1.807) is 11.8 Å². The second-order valence-corrected chi connectivity index (χ2v) is 12.1. The van der Waals surface area contributed by atoms with Crippen LogP contribution in [0.5, 0.6) is 11.5 Å². The van der Waals surface area contributed by atoms with Crippen molar-refractivity contribution in [3.8, 4) is 22.8 Å². The first kappa shape index (κ1) is 27.0. The molecule has 0 saturated carbocycles. The molecular formula is C28H29F2N3O5S. The number of benzene rings is 2. The number of phenolic OH excluding ortho intramolecular Hbond substituents is 2. The maximum absolute atomic E-state index is 13.5. The largest absolute Gasteiger partial charge is 0.508 e. The highest BCUT2D eigenvalue weighted by Gasteiger charge is 2.39. The summed E-state index contributed by atoms with van der Waals surface area (Å²) in [5.41, 5.74) is 3.64. The van der Waals surface area contributed by atoms with E-state index in [-0.39, 0.29) is 47.0 Å². The summed E-state index contributed by atoms with van der Waals surface area (Å²) in [6.45, 7) is 3.20. The van der Waals surface area contributed by atoms with Gasteiger partial charge in [-0.2, -0.15) is 4.31 Å². The van der Waals surface area contributed by atoms with E-state index >= 15 is 0 Å². The molecule has 11 heteroatoms. The van der Waals surface area contributed by atoms with Crippen LogP contribution in [0.2, 0.25) is 0 Å². The van der Waals surface area contributed by atoms with Gasteiger partial charge in [0.25, 0.3) is 11.8 Å². The molecule has 39 heavy (non-hydrogen) atoms. The zero-order valence-corrected chi connectivity index (χ0v) is 22.4. The number of hydrogen-bond acceptors (Lipinski definition) is 6. The first-order valence-corrected chi connectivity index (χ1v) is 14.1. The van der Waals surface area contributed by atoms with Crippen molar-refractivity contribution in [1.82, 2.24) is 9.29 Å². The summed E-state index contributed by atoms with van der Waals surface area (Å²) in [6, 6.07) is 10.8. The molecule has 1 amide bonds. The van der Waals surface area contributed by atoms with Gasteiger partial charge in [0, 0.05) is 55.5 Å². The van der Waals surface area contributed by atoms with E-state index in [0.717, 1.165) is 21.5 Å². The molecule has 0 spiro atoms. The normalized spacial score (nSPS) is 19.5. The second kappa shape index (κ2) is 9.87. The summed E-state index contributed by atoms with van der Waals surface area (Å²) >= 11 is 0.